The lowest BCUT2D eigenvalue weighted by Crippen LogP contribution is -2.63. The van der Waals surface area contributed by atoms with Crippen LogP contribution in [0.15, 0.2) is 0 Å². The van der Waals surface area contributed by atoms with E-state index in [1.54, 1.807) is 0 Å². The van der Waals surface area contributed by atoms with Gasteiger partial charge in [-0.1, -0.05) is 31.9 Å². The van der Waals surface area contributed by atoms with E-state index in [2.05, 4.69) is 0 Å². The van der Waals surface area contributed by atoms with Gasteiger partial charge in [0.25, 0.3) is 0 Å². The average molecular weight is 410 g/mol. The van der Waals surface area contributed by atoms with E-state index < -0.39 is 27.4 Å². The number of rotatable bonds is 2. The first-order valence-electron chi connectivity index (χ1n) is 3.27. The first kappa shape index (κ1) is 17.3. The summed E-state index contributed by atoms with van der Waals surface area (Å²) < 4.78 is 116. The van der Waals surface area contributed by atoms with Crippen LogP contribution in [0.1, 0.15) is 0 Å². The second kappa shape index (κ2) is 4.14. The molecule has 0 amide bonds. The molecule has 0 spiro atoms. The van der Waals surface area contributed by atoms with Crippen molar-refractivity contribution in [1.82, 2.24) is 0 Å². The molecule has 0 aliphatic rings. The van der Waals surface area contributed by atoms with Gasteiger partial charge in [0.05, 0.1) is 0 Å². The van der Waals surface area contributed by atoms with Crippen LogP contribution in [0.2, 0.25) is 0 Å². The largest absolute Gasteiger partial charge is 0.459 e. The van der Waals surface area contributed by atoms with E-state index in [4.69, 9.17) is 0 Å². The summed E-state index contributed by atoms with van der Waals surface area (Å²) >= 11 is 2.23. The van der Waals surface area contributed by atoms with Crippen LogP contribution in [-0.2, 0) is 0 Å². The molecule has 0 unspecified atom stereocenters. The van der Waals surface area contributed by atoms with Gasteiger partial charge in [-0.3, -0.25) is 0 Å². The molecule has 0 rings (SSSR count). The number of alkyl halides is 12. The SMILES string of the molecule is FC(F)(F)C(F)(F)C(F)(F)C(Br)(Br)C(F)(F)F. The van der Waals surface area contributed by atoms with Gasteiger partial charge >= 0.3 is 24.2 Å². The van der Waals surface area contributed by atoms with Crippen molar-refractivity contribution in [3.05, 3.63) is 0 Å². The van der Waals surface area contributed by atoms with Crippen molar-refractivity contribution >= 4 is 31.9 Å². The van der Waals surface area contributed by atoms with Crippen LogP contribution in [0, 0.1) is 0 Å². The van der Waals surface area contributed by atoms with Crippen molar-refractivity contribution in [3.8, 4) is 0 Å². The van der Waals surface area contributed by atoms with E-state index in [0.29, 0.717) is 0 Å². The lowest BCUT2D eigenvalue weighted by molar-refractivity contribution is -0.367. The molecule has 0 aromatic rings. The summed E-state index contributed by atoms with van der Waals surface area (Å²) in [5.41, 5.74) is 0. The highest BCUT2D eigenvalue weighted by Gasteiger charge is 2.84. The summed E-state index contributed by atoms with van der Waals surface area (Å²) in [5.74, 6) is -13.4. The molecule has 0 nitrogen and oxygen atoms in total. The van der Waals surface area contributed by atoms with E-state index in [-0.39, 0.29) is 0 Å². The van der Waals surface area contributed by atoms with Crippen molar-refractivity contribution < 1.29 is 43.9 Å². The molecule has 0 radical (unpaired) electrons. The van der Waals surface area contributed by atoms with Gasteiger partial charge in [0.1, 0.15) is 0 Å². The summed E-state index contributed by atoms with van der Waals surface area (Å²) in [4.78, 5) is 0. The molecule has 104 valence electrons. The van der Waals surface area contributed by atoms with E-state index >= 15 is 0 Å². The Morgan fingerprint density at radius 2 is 0.765 bits per heavy atom. The highest BCUT2D eigenvalue weighted by atomic mass is 79.9. The van der Waals surface area contributed by atoms with Crippen molar-refractivity contribution in [2.75, 3.05) is 0 Å². The summed E-state index contributed by atoms with van der Waals surface area (Å²) in [6.45, 7) is 0. The average Bonchev–Trinajstić information content (AvgIpc) is 1.98. The molecule has 17 heavy (non-hydrogen) atoms. The quantitative estimate of drug-likeness (QED) is 0.451. The zero-order valence-corrected chi connectivity index (χ0v) is 10.2. The lowest BCUT2D eigenvalue weighted by atomic mass is 10.1. The summed E-state index contributed by atoms with van der Waals surface area (Å²) in [7, 11) is 0. The molecule has 0 fully saturated rings. The Hall–Kier alpha value is 0.260. The van der Waals surface area contributed by atoms with E-state index in [1.807, 2.05) is 0 Å². The maximum absolute atomic E-state index is 12.7. The number of halogens is 12. The molecule has 0 saturated carbocycles. The second-order valence-electron chi connectivity index (χ2n) is 2.72. The second-order valence-corrected chi connectivity index (χ2v) is 6.16. The normalized spacial score (nSPS) is 16.2. The highest BCUT2D eigenvalue weighted by molar-refractivity contribution is 9.25. The highest BCUT2D eigenvalue weighted by Crippen LogP contribution is 2.61. The standard InChI is InChI=1S/C5Br2F10/c6-1(7,4(12,13)14)2(8,9)3(10,11)5(15,16)17. The van der Waals surface area contributed by atoms with Crippen LogP contribution < -0.4 is 0 Å². The minimum absolute atomic E-state index is 1.11. The molecular formula is C5Br2F10. The third-order valence-electron chi connectivity index (χ3n) is 1.50. The van der Waals surface area contributed by atoms with Gasteiger partial charge in [-0.15, -0.1) is 0 Å². The first-order valence-corrected chi connectivity index (χ1v) is 4.85. The van der Waals surface area contributed by atoms with Crippen LogP contribution >= 0.6 is 31.9 Å². The smallest absolute Gasteiger partial charge is 0.196 e. The van der Waals surface area contributed by atoms with Crippen molar-refractivity contribution in [1.29, 1.82) is 0 Å². The zero-order chi connectivity index (χ0) is 14.5. The van der Waals surface area contributed by atoms with Crippen LogP contribution in [-0.4, -0.2) is 27.4 Å². The number of hydrogen-bond acceptors (Lipinski definition) is 0. The predicted octanol–water partition coefficient (Wildman–Crippen LogP) is 4.87. The van der Waals surface area contributed by atoms with Gasteiger partial charge in [0.15, 0.2) is 0 Å². The molecule has 0 aromatic heterocycles. The van der Waals surface area contributed by atoms with Gasteiger partial charge in [-0.05, 0) is 0 Å². The zero-order valence-electron chi connectivity index (χ0n) is 7.04. The van der Waals surface area contributed by atoms with Gasteiger partial charge in [-0.25, -0.2) is 0 Å². The Morgan fingerprint density at radius 3 is 0.941 bits per heavy atom. The van der Waals surface area contributed by atoms with Gasteiger partial charge in [0, 0.05) is 0 Å². The Balaban J connectivity index is 5.73. The summed E-state index contributed by atoms with van der Waals surface area (Å²) in [6, 6.07) is 0. The van der Waals surface area contributed by atoms with Crippen LogP contribution in [0.5, 0.6) is 0 Å². The summed E-state index contributed by atoms with van der Waals surface area (Å²) in [5, 5.41) is 0. The van der Waals surface area contributed by atoms with Crippen LogP contribution in [0.4, 0.5) is 43.9 Å². The third kappa shape index (κ3) is 2.51. The minimum atomic E-state index is -6.87. The van der Waals surface area contributed by atoms with E-state index in [1.165, 1.54) is 0 Å². The fourth-order valence-electron chi connectivity index (χ4n) is 0.553. The molecule has 0 aliphatic carbocycles. The molecular weight excluding hydrogens is 410 g/mol. The molecule has 0 heterocycles. The first-order chi connectivity index (χ1) is 7.00. The third-order valence-corrected chi connectivity index (χ3v) is 3.40. The Labute approximate surface area is 104 Å². The Morgan fingerprint density at radius 1 is 0.471 bits per heavy atom. The van der Waals surface area contributed by atoms with Crippen molar-refractivity contribution in [3.63, 3.8) is 0 Å². The monoisotopic (exact) mass is 408 g/mol. The fraction of sp³-hybridized carbons (Fsp3) is 1.00. The van der Waals surface area contributed by atoms with Crippen molar-refractivity contribution in [2.45, 2.75) is 27.4 Å². The van der Waals surface area contributed by atoms with Gasteiger partial charge in [-0.2, -0.15) is 43.9 Å². The minimum Gasteiger partial charge on any atom is -0.196 e. The molecule has 0 bridgehead atoms. The Bertz CT molecular complexity index is 258. The van der Waals surface area contributed by atoms with Crippen molar-refractivity contribution in [2.24, 2.45) is 0 Å². The summed E-state index contributed by atoms with van der Waals surface area (Å²) in [6.07, 6.45) is -12.9. The van der Waals surface area contributed by atoms with Gasteiger partial charge < -0.3 is 0 Å². The fourth-order valence-corrected chi connectivity index (χ4v) is 1.05. The number of hydrogen-bond donors (Lipinski definition) is 0. The molecule has 0 N–H and O–H groups in total. The molecule has 0 aromatic carbocycles. The Kier molecular flexibility index (Phi) is 4.20. The maximum atomic E-state index is 12.7. The van der Waals surface area contributed by atoms with E-state index in [0.717, 1.165) is 31.9 Å². The predicted molar refractivity (Wildman–Crippen MR) is 42.6 cm³/mol. The maximum Gasteiger partial charge on any atom is 0.459 e. The topological polar surface area (TPSA) is 0 Å². The van der Waals surface area contributed by atoms with Crippen LogP contribution in [0.25, 0.3) is 0 Å². The van der Waals surface area contributed by atoms with E-state index in [9.17, 15) is 43.9 Å². The molecule has 0 atom stereocenters. The lowest BCUT2D eigenvalue weighted by Gasteiger charge is -2.37. The molecule has 0 aliphatic heterocycles. The molecule has 12 heteroatoms. The molecule has 0 saturated heterocycles. The van der Waals surface area contributed by atoms with Gasteiger partial charge in [0.2, 0.25) is 3.23 Å². The van der Waals surface area contributed by atoms with Crippen LogP contribution in [0.3, 0.4) is 0 Å².